The van der Waals surface area contributed by atoms with E-state index in [-0.39, 0.29) is 10.8 Å². The molecule has 31 heavy (non-hydrogen) atoms. The van der Waals surface area contributed by atoms with Crippen molar-refractivity contribution in [2.45, 2.75) is 73.6 Å². The van der Waals surface area contributed by atoms with Crippen molar-refractivity contribution < 1.29 is 0 Å². The number of allylic oxidation sites excluding steroid dienone is 4. The van der Waals surface area contributed by atoms with Gasteiger partial charge in [-0.2, -0.15) is 0 Å². The minimum absolute atomic E-state index is 0.162. The molecule has 5 rings (SSSR count). The summed E-state index contributed by atoms with van der Waals surface area (Å²) in [5, 5.41) is 0. The molecule has 0 amide bonds. The average Bonchev–Trinajstić information content (AvgIpc) is 3.11. The first-order chi connectivity index (χ1) is 14.7. The van der Waals surface area contributed by atoms with Crippen molar-refractivity contribution in [2.75, 3.05) is 0 Å². The van der Waals surface area contributed by atoms with E-state index in [0.29, 0.717) is 17.8 Å². The monoisotopic (exact) mass is 410 g/mol. The van der Waals surface area contributed by atoms with Crippen LogP contribution in [0, 0.1) is 22.7 Å². The maximum Gasteiger partial charge on any atom is -0.00105 e. The zero-order valence-electron chi connectivity index (χ0n) is 20.5. The summed E-state index contributed by atoms with van der Waals surface area (Å²) in [5.41, 5.74) is 12.8. The third-order valence-electron chi connectivity index (χ3n) is 9.32. The van der Waals surface area contributed by atoms with Gasteiger partial charge in [0.25, 0.3) is 0 Å². The zero-order chi connectivity index (χ0) is 22.1. The Bertz CT molecular complexity index is 1100. The van der Waals surface area contributed by atoms with Crippen molar-refractivity contribution >= 4 is 0 Å². The molecule has 1 fully saturated rings. The van der Waals surface area contributed by atoms with Gasteiger partial charge in [0, 0.05) is 0 Å². The first-order valence-corrected chi connectivity index (χ1v) is 12.3. The molecule has 0 aromatic heterocycles. The summed E-state index contributed by atoms with van der Waals surface area (Å²) in [6.07, 6.45) is 8.29. The number of hydrogen-bond acceptors (Lipinski definition) is 0. The minimum atomic E-state index is 0.162. The summed E-state index contributed by atoms with van der Waals surface area (Å²) in [6.45, 7) is 17.2. The third kappa shape index (κ3) is 2.94. The molecule has 3 unspecified atom stereocenters. The second-order valence-corrected chi connectivity index (χ2v) is 11.6. The molecule has 0 radical (unpaired) electrons. The van der Waals surface area contributed by atoms with Crippen molar-refractivity contribution in [1.82, 2.24) is 0 Å². The van der Waals surface area contributed by atoms with Gasteiger partial charge in [0.15, 0.2) is 0 Å². The van der Waals surface area contributed by atoms with Crippen LogP contribution in [0.5, 0.6) is 0 Å². The highest BCUT2D eigenvalue weighted by molar-refractivity contribution is 5.78. The molecule has 0 nitrogen and oxygen atoms in total. The van der Waals surface area contributed by atoms with Crippen LogP contribution in [0.3, 0.4) is 0 Å². The summed E-state index contributed by atoms with van der Waals surface area (Å²) in [4.78, 5) is 0. The molecule has 3 aliphatic carbocycles. The van der Waals surface area contributed by atoms with Crippen LogP contribution in [0.1, 0.15) is 83.1 Å². The Morgan fingerprint density at radius 1 is 0.968 bits per heavy atom. The lowest BCUT2D eigenvalue weighted by atomic mass is 9.46. The number of benzene rings is 2. The summed E-state index contributed by atoms with van der Waals surface area (Å²) in [7, 11) is 0. The van der Waals surface area contributed by atoms with Gasteiger partial charge in [-0.05, 0) is 88.2 Å². The van der Waals surface area contributed by atoms with Gasteiger partial charge in [-0.15, -0.1) is 0 Å². The summed E-state index contributed by atoms with van der Waals surface area (Å²) < 4.78 is 0. The highest BCUT2D eigenvalue weighted by atomic mass is 14.6. The van der Waals surface area contributed by atoms with Crippen LogP contribution in [-0.4, -0.2) is 0 Å². The van der Waals surface area contributed by atoms with Crippen molar-refractivity contribution in [3.63, 3.8) is 0 Å². The summed E-state index contributed by atoms with van der Waals surface area (Å²) >= 11 is 0. The minimum Gasteiger partial charge on any atom is -0.0727 e. The molecule has 0 aliphatic heterocycles. The van der Waals surface area contributed by atoms with E-state index in [4.69, 9.17) is 0 Å². The molecular weight excluding hydrogens is 372 g/mol. The Hall–Kier alpha value is -2.08. The maximum absolute atomic E-state index is 2.54. The van der Waals surface area contributed by atoms with Gasteiger partial charge in [-0.25, -0.2) is 0 Å². The normalized spacial score (nSPS) is 27.6. The van der Waals surface area contributed by atoms with Gasteiger partial charge in [0.1, 0.15) is 0 Å². The lowest BCUT2D eigenvalue weighted by Crippen LogP contribution is -2.49. The van der Waals surface area contributed by atoms with E-state index in [1.54, 1.807) is 16.7 Å². The van der Waals surface area contributed by atoms with E-state index in [2.05, 4.69) is 97.0 Å². The van der Waals surface area contributed by atoms with Gasteiger partial charge < -0.3 is 0 Å². The van der Waals surface area contributed by atoms with Crippen LogP contribution in [-0.2, 0) is 12.8 Å². The van der Waals surface area contributed by atoms with Crippen molar-refractivity contribution in [3.05, 3.63) is 82.0 Å². The number of rotatable bonds is 2. The van der Waals surface area contributed by atoms with Crippen LogP contribution < -0.4 is 0 Å². The molecule has 0 spiro atoms. The lowest BCUT2D eigenvalue weighted by molar-refractivity contribution is 0.0288. The SMILES string of the molecule is CCc1ccc2c(c1)Cc1c-2cccc1C1C(C)C(C)(C)C2CC(C)=CC=C2C1(C)C. The van der Waals surface area contributed by atoms with Gasteiger partial charge >= 0.3 is 0 Å². The topological polar surface area (TPSA) is 0 Å². The lowest BCUT2D eigenvalue weighted by Gasteiger charge is -2.58. The fourth-order valence-corrected chi connectivity index (χ4v) is 7.20. The molecular formula is C31H38. The van der Waals surface area contributed by atoms with Crippen LogP contribution in [0.15, 0.2) is 59.7 Å². The summed E-state index contributed by atoms with van der Waals surface area (Å²) in [5.74, 6) is 1.81. The van der Waals surface area contributed by atoms with Crippen LogP contribution in [0.2, 0.25) is 0 Å². The first kappa shape index (κ1) is 20.8. The van der Waals surface area contributed by atoms with E-state index in [1.807, 2.05) is 0 Å². The highest BCUT2D eigenvalue weighted by Gasteiger charge is 2.54. The van der Waals surface area contributed by atoms with Crippen molar-refractivity contribution in [2.24, 2.45) is 22.7 Å². The first-order valence-electron chi connectivity index (χ1n) is 12.3. The van der Waals surface area contributed by atoms with E-state index in [1.165, 1.54) is 34.2 Å². The molecule has 0 saturated heterocycles. The second kappa shape index (κ2) is 6.96. The Morgan fingerprint density at radius 3 is 2.48 bits per heavy atom. The largest absolute Gasteiger partial charge is 0.0727 e. The molecule has 3 aliphatic rings. The predicted octanol–water partition coefficient (Wildman–Crippen LogP) is 8.50. The molecule has 2 aromatic carbocycles. The van der Waals surface area contributed by atoms with Gasteiger partial charge in [0.05, 0.1) is 0 Å². The molecule has 0 N–H and O–H groups in total. The van der Waals surface area contributed by atoms with Crippen LogP contribution >= 0.6 is 0 Å². The standard InChI is InChI=1S/C31H38/c1-8-21-13-14-23-22(17-21)18-26-24(23)10-9-11-25(26)29-20(3)30(4,5)28-16-19(2)12-15-27(28)31(29,6)7/h9-15,17,20,28-29H,8,16,18H2,1-7H3. The smallest absolute Gasteiger partial charge is 0.00105 e. The van der Waals surface area contributed by atoms with Crippen molar-refractivity contribution in [3.8, 4) is 11.1 Å². The molecule has 3 atom stereocenters. The zero-order valence-corrected chi connectivity index (χ0v) is 20.5. The second-order valence-electron chi connectivity index (χ2n) is 11.6. The Morgan fingerprint density at radius 2 is 1.74 bits per heavy atom. The fourth-order valence-electron chi connectivity index (χ4n) is 7.20. The van der Waals surface area contributed by atoms with Crippen molar-refractivity contribution in [1.29, 1.82) is 0 Å². The predicted molar refractivity (Wildman–Crippen MR) is 133 cm³/mol. The average molecular weight is 411 g/mol. The molecule has 2 aromatic rings. The van der Waals surface area contributed by atoms with E-state index in [9.17, 15) is 0 Å². The van der Waals surface area contributed by atoms with Crippen LogP contribution in [0.25, 0.3) is 11.1 Å². The van der Waals surface area contributed by atoms with E-state index >= 15 is 0 Å². The molecule has 162 valence electrons. The quantitative estimate of drug-likeness (QED) is 0.397. The molecule has 0 heteroatoms. The molecule has 1 saturated carbocycles. The fraction of sp³-hybridized carbons (Fsp3) is 0.484. The summed E-state index contributed by atoms with van der Waals surface area (Å²) in [6, 6.07) is 14.3. The Kier molecular flexibility index (Phi) is 4.67. The molecule has 0 heterocycles. The van der Waals surface area contributed by atoms with Crippen LogP contribution in [0.4, 0.5) is 0 Å². The highest BCUT2D eigenvalue weighted by Crippen LogP contribution is 2.64. The van der Waals surface area contributed by atoms with E-state index in [0.717, 1.165) is 12.8 Å². The Labute approximate surface area is 189 Å². The number of hydrogen-bond donors (Lipinski definition) is 0. The van der Waals surface area contributed by atoms with Gasteiger partial charge in [-0.1, -0.05) is 101 Å². The number of aryl methyl sites for hydroxylation is 1. The van der Waals surface area contributed by atoms with Gasteiger partial charge in [0.2, 0.25) is 0 Å². The molecule has 0 bridgehead atoms. The number of fused-ring (bicyclic) bond motifs is 4. The van der Waals surface area contributed by atoms with Gasteiger partial charge in [-0.3, -0.25) is 0 Å². The maximum atomic E-state index is 2.54. The third-order valence-corrected chi connectivity index (χ3v) is 9.32. The Balaban J connectivity index is 1.66. The van der Waals surface area contributed by atoms with E-state index < -0.39 is 0 Å².